The second-order valence-corrected chi connectivity index (χ2v) is 5.36. The Labute approximate surface area is 137 Å². The minimum Gasteiger partial charge on any atom is -0.480 e. The van der Waals surface area contributed by atoms with Gasteiger partial charge in [-0.05, 0) is 30.5 Å². The summed E-state index contributed by atoms with van der Waals surface area (Å²) < 4.78 is 31.8. The van der Waals surface area contributed by atoms with E-state index in [0.717, 1.165) is 22.9 Å². The van der Waals surface area contributed by atoms with Crippen molar-refractivity contribution in [2.75, 3.05) is 5.32 Å². The first-order chi connectivity index (χ1) is 11.5. The van der Waals surface area contributed by atoms with Gasteiger partial charge in [0.15, 0.2) is 17.7 Å². The zero-order chi connectivity index (χ0) is 17.1. The zero-order valence-electron chi connectivity index (χ0n) is 12.9. The number of carbonyl (C=O) groups is 1. The Morgan fingerprint density at radius 3 is 2.54 bits per heavy atom. The fourth-order valence-corrected chi connectivity index (χ4v) is 2.36. The van der Waals surface area contributed by atoms with Crippen LogP contribution in [-0.2, 0) is 4.79 Å². The molecule has 3 aromatic rings. The summed E-state index contributed by atoms with van der Waals surface area (Å²) in [4.78, 5) is 12.2. The molecule has 1 atom stereocenters. The average molecular weight is 327 g/mol. The van der Waals surface area contributed by atoms with Gasteiger partial charge in [-0.2, -0.15) is 0 Å². The summed E-state index contributed by atoms with van der Waals surface area (Å²) in [5, 5.41) is 4.41. The Morgan fingerprint density at radius 2 is 1.75 bits per heavy atom. The molecule has 122 valence electrons. The third kappa shape index (κ3) is 3.35. The molecule has 24 heavy (non-hydrogen) atoms. The molecular formula is C19H15F2NO2. The summed E-state index contributed by atoms with van der Waals surface area (Å²) in [6, 6.07) is 16.4. The van der Waals surface area contributed by atoms with Crippen LogP contribution in [0.4, 0.5) is 14.5 Å². The molecule has 0 saturated heterocycles. The maximum absolute atomic E-state index is 13.2. The summed E-state index contributed by atoms with van der Waals surface area (Å²) in [5.41, 5.74) is 0.173. The quantitative estimate of drug-likeness (QED) is 0.765. The van der Waals surface area contributed by atoms with Crippen molar-refractivity contribution < 1.29 is 18.3 Å². The van der Waals surface area contributed by atoms with E-state index in [-0.39, 0.29) is 5.69 Å². The van der Waals surface area contributed by atoms with E-state index >= 15 is 0 Å². The monoisotopic (exact) mass is 327 g/mol. The lowest BCUT2D eigenvalue weighted by molar-refractivity contribution is -0.122. The lowest BCUT2D eigenvalue weighted by Crippen LogP contribution is -2.30. The molecule has 0 aliphatic carbocycles. The lowest BCUT2D eigenvalue weighted by atomic mass is 10.1. The van der Waals surface area contributed by atoms with Crippen molar-refractivity contribution >= 4 is 22.4 Å². The van der Waals surface area contributed by atoms with Crippen molar-refractivity contribution in [2.45, 2.75) is 13.0 Å². The number of carbonyl (C=O) groups excluding carboxylic acids is 1. The van der Waals surface area contributed by atoms with Crippen molar-refractivity contribution in [3.8, 4) is 5.75 Å². The van der Waals surface area contributed by atoms with Crippen molar-refractivity contribution in [1.82, 2.24) is 0 Å². The van der Waals surface area contributed by atoms with E-state index < -0.39 is 23.6 Å². The van der Waals surface area contributed by atoms with Crippen molar-refractivity contribution in [2.24, 2.45) is 0 Å². The van der Waals surface area contributed by atoms with E-state index in [1.54, 1.807) is 13.0 Å². The van der Waals surface area contributed by atoms with E-state index in [4.69, 9.17) is 4.74 Å². The summed E-state index contributed by atoms with van der Waals surface area (Å²) >= 11 is 0. The number of rotatable bonds is 4. The van der Waals surface area contributed by atoms with Gasteiger partial charge in [-0.3, -0.25) is 4.79 Å². The van der Waals surface area contributed by atoms with Crippen LogP contribution in [0.1, 0.15) is 6.92 Å². The van der Waals surface area contributed by atoms with Crippen LogP contribution in [0.25, 0.3) is 10.8 Å². The molecule has 0 bridgehead atoms. The van der Waals surface area contributed by atoms with Gasteiger partial charge in [0.05, 0.1) is 0 Å². The van der Waals surface area contributed by atoms with E-state index in [1.165, 1.54) is 6.07 Å². The topological polar surface area (TPSA) is 38.3 Å². The zero-order valence-corrected chi connectivity index (χ0v) is 12.9. The van der Waals surface area contributed by atoms with Gasteiger partial charge in [-0.25, -0.2) is 8.78 Å². The smallest absolute Gasteiger partial charge is 0.265 e. The molecule has 5 heteroatoms. The second-order valence-electron chi connectivity index (χ2n) is 5.36. The molecule has 0 fully saturated rings. The first kappa shape index (κ1) is 15.9. The third-order valence-electron chi connectivity index (χ3n) is 3.61. The van der Waals surface area contributed by atoms with Gasteiger partial charge >= 0.3 is 0 Å². The van der Waals surface area contributed by atoms with Gasteiger partial charge in [0.1, 0.15) is 5.75 Å². The van der Waals surface area contributed by atoms with Crippen molar-refractivity contribution in [1.29, 1.82) is 0 Å². The molecular weight excluding hydrogens is 312 g/mol. The number of benzene rings is 3. The molecule has 0 aliphatic heterocycles. The minimum absolute atomic E-state index is 0.173. The highest BCUT2D eigenvalue weighted by Crippen LogP contribution is 2.26. The van der Waals surface area contributed by atoms with Gasteiger partial charge in [0, 0.05) is 17.1 Å². The van der Waals surface area contributed by atoms with Gasteiger partial charge in [0.25, 0.3) is 5.91 Å². The van der Waals surface area contributed by atoms with Crippen molar-refractivity contribution in [3.63, 3.8) is 0 Å². The summed E-state index contributed by atoms with van der Waals surface area (Å²) in [6.07, 6.45) is -0.802. The Bertz CT molecular complexity index is 890. The Kier molecular flexibility index (Phi) is 4.42. The number of anilines is 1. The van der Waals surface area contributed by atoms with E-state index in [1.807, 2.05) is 36.4 Å². The Hall–Kier alpha value is -2.95. The molecule has 0 aliphatic rings. The number of amides is 1. The van der Waals surface area contributed by atoms with Crippen molar-refractivity contribution in [3.05, 3.63) is 72.3 Å². The largest absolute Gasteiger partial charge is 0.480 e. The number of hydrogen-bond acceptors (Lipinski definition) is 2. The number of ether oxygens (including phenoxy) is 1. The van der Waals surface area contributed by atoms with E-state index in [2.05, 4.69) is 5.32 Å². The summed E-state index contributed by atoms with van der Waals surface area (Å²) in [7, 11) is 0. The number of nitrogens with one attached hydrogen (secondary N) is 1. The normalized spacial score (nSPS) is 12.0. The molecule has 1 N–H and O–H groups in total. The van der Waals surface area contributed by atoms with Crippen LogP contribution in [0.3, 0.4) is 0 Å². The van der Waals surface area contributed by atoms with Gasteiger partial charge in [0.2, 0.25) is 0 Å². The van der Waals surface area contributed by atoms with Crippen LogP contribution in [-0.4, -0.2) is 12.0 Å². The van der Waals surface area contributed by atoms with Crippen LogP contribution in [0, 0.1) is 11.6 Å². The highest BCUT2D eigenvalue weighted by molar-refractivity contribution is 5.95. The van der Waals surface area contributed by atoms with Crippen LogP contribution in [0.5, 0.6) is 5.75 Å². The van der Waals surface area contributed by atoms with Gasteiger partial charge in [-0.15, -0.1) is 0 Å². The first-order valence-electron chi connectivity index (χ1n) is 7.45. The molecule has 1 amide bonds. The molecule has 0 aromatic heterocycles. The van der Waals surface area contributed by atoms with Gasteiger partial charge < -0.3 is 10.1 Å². The molecule has 0 unspecified atom stereocenters. The first-order valence-corrected chi connectivity index (χ1v) is 7.45. The minimum atomic E-state index is -1.02. The van der Waals surface area contributed by atoms with E-state index in [9.17, 15) is 13.6 Å². The predicted molar refractivity (Wildman–Crippen MR) is 89.0 cm³/mol. The predicted octanol–water partition coefficient (Wildman–Crippen LogP) is 4.52. The molecule has 0 radical (unpaired) electrons. The fraction of sp³-hybridized carbons (Fsp3) is 0.105. The van der Waals surface area contributed by atoms with Crippen LogP contribution < -0.4 is 10.1 Å². The molecule has 3 aromatic carbocycles. The third-order valence-corrected chi connectivity index (χ3v) is 3.61. The van der Waals surface area contributed by atoms with E-state index in [0.29, 0.717) is 5.75 Å². The molecule has 0 spiro atoms. The molecule has 0 heterocycles. The fourth-order valence-electron chi connectivity index (χ4n) is 2.36. The maximum atomic E-state index is 13.2. The van der Waals surface area contributed by atoms with Gasteiger partial charge in [-0.1, -0.05) is 36.4 Å². The summed E-state index contributed by atoms with van der Waals surface area (Å²) in [6.45, 7) is 1.59. The Morgan fingerprint density at radius 1 is 1.00 bits per heavy atom. The lowest BCUT2D eigenvalue weighted by Gasteiger charge is -2.16. The molecule has 3 nitrogen and oxygen atoms in total. The van der Waals surface area contributed by atoms with Crippen LogP contribution in [0.2, 0.25) is 0 Å². The summed E-state index contributed by atoms with van der Waals surface area (Å²) in [5.74, 6) is -1.85. The van der Waals surface area contributed by atoms with Crippen LogP contribution in [0.15, 0.2) is 60.7 Å². The van der Waals surface area contributed by atoms with Crippen LogP contribution >= 0.6 is 0 Å². The highest BCUT2D eigenvalue weighted by Gasteiger charge is 2.16. The number of hydrogen-bond donors (Lipinski definition) is 1. The molecule has 3 rings (SSSR count). The average Bonchev–Trinajstić information content (AvgIpc) is 2.58. The number of halogens is 2. The maximum Gasteiger partial charge on any atom is 0.265 e. The SMILES string of the molecule is C[C@@H](Oc1cccc2ccccc12)C(=O)Nc1ccc(F)c(F)c1. The standard InChI is InChI=1S/C19H15F2NO2/c1-12(19(23)22-14-9-10-16(20)17(21)11-14)24-18-8-4-6-13-5-2-3-7-15(13)18/h2-12H,1H3,(H,22,23)/t12-/m1/s1. The highest BCUT2D eigenvalue weighted by atomic mass is 19.2. The molecule has 0 saturated carbocycles. The number of fused-ring (bicyclic) bond motifs is 1. The second kappa shape index (κ2) is 6.66. The Balaban J connectivity index is 1.75.